The number of para-hydroxylation sites is 2. The molecule has 0 radical (unpaired) electrons. The molecule has 0 N–H and O–H groups in total. The SMILES string of the molecule is Cc1cccc2c1nc(CCC(=O)N(C)c1ccccc1-c1ccccc1)n2C. The maximum absolute atomic E-state index is 13.0. The van der Waals surface area contributed by atoms with Crippen LogP contribution >= 0.6 is 0 Å². The first-order chi connectivity index (χ1) is 14.1. The fourth-order valence-corrected chi connectivity index (χ4v) is 3.78. The summed E-state index contributed by atoms with van der Waals surface area (Å²) in [7, 11) is 3.87. The number of aromatic nitrogens is 2. The van der Waals surface area contributed by atoms with Crippen LogP contribution in [0.1, 0.15) is 17.8 Å². The maximum Gasteiger partial charge on any atom is 0.227 e. The highest BCUT2D eigenvalue weighted by Crippen LogP contribution is 2.30. The van der Waals surface area contributed by atoms with Crippen molar-refractivity contribution in [2.24, 2.45) is 7.05 Å². The zero-order valence-corrected chi connectivity index (χ0v) is 17.1. The van der Waals surface area contributed by atoms with Gasteiger partial charge >= 0.3 is 0 Å². The second kappa shape index (κ2) is 7.92. The van der Waals surface area contributed by atoms with E-state index in [9.17, 15) is 4.79 Å². The van der Waals surface area contributed by atoms with Crippen LogP contribution in [0.2, 0.25) is 0 Å². The molecule has 3 aromatic carbocycles. The Labute approximate surface area is 171 Å². The highest BCUT2D eigenvalue weighted by Gasteiger charge is 2.17. The van der Waals surface area contributed by atoms with Crippen LogP contribution in [0.25, 0.3) is 22.2 Å². The van der Waals surface area contributed by atoms with E-state index in [-0.39, 0.29) is 5.91 Å². The Morgan fingerprint density at radius 3 is 2.45 bits per heavy atom. The second-order valence-corrected chi connectivity index (χ2v) is 7.37. The lowest BCUT2D eigenvalue weighted by Crippen LogP contribution is -2.27. The molecule has 0 spiro atoms. The Morgan fingerprint density at radius 1 is 0.966 bits per heavy atom. The average molecular weight is 383 g/mol. The van der Waals surface area contributed by atoms with E-state index in [1.165, 1.54) is 0 Å². The number of imidazole rings is 1. The van der Waals surface area contributed by atoms with Crippen molar-refractivity contribution >= 4 is 22.6 Å². The molecule has 4 nitrogen and oxygen atoms in total. The van der Waals surface area contributed by atoms with Crippen LogP contribution in [0.5, 0.6) is 0 Å². The van der Waals surface area contributed by atoms with Crippen LogP contribution in [-0.4, -0.2) is 22.5 Å². The van der Waals surface area contributed by atoms with Gasteiger partial charge in [0.15, 0.2) is 0 Å². The first kappa shape index (κ1) is 18.9. The molecule has 0 atom stereocenters. The van der Waals surface area contributed by atoms with Crippen molar-refractivity contribution in [3.8, 4) is 11.1 Å². The predicted octanol–water partition coefficient (Wildman–Crippen LogP) is 5.14. The molecule has 0 aliphatic heterocycles. The Morgan fingerprint density at radius 2 is 1.69 bits per heavy atom. The number of carbonyl (C=O) groups excluding carboxylic acids is 1. The summed E-state index contributed by atoms with van der Waals surface area (Å²) in [5.74, 6) is 1.02. The van der Waals surface area contributed by atoms with Gasteiger partial charge in [0.05, 0.1) is 16.7 Å². The average Bonchev–Trinajstić information content (AvgIpc) is 3.09. The lowest BCUT2D eigenvalue weighted by atomic mass is 10.0. The van der Waals surface area contributed by atoms with Crippen LogP contribution < -0.4 is 4.90 Å². The normalized spacial score (nSPS) is 11.0. The third kappa shape index (κ3) is 3.66. The Balaban J connectivity index is 1.55. The Hall–Kier alpha value is -3.40. The molecule has 0 aliphatic carbocycles. The molecule has 0 saturated heterocycles. The molecule has 1 aromatic heterocycles. The molecule has 1 heterocycles. The van der Waals surface area contributed by atoms with E-state index in [4.69, 9.17) is 4.98 Å². The van der Waals surface area contributed by atoms with Crippen LogP contribution in [-0.2, 0) is 18.3 Å². The molecule has 4 rings (SSSR count). The molecule has 29 heavy (non-hydrogen) atoms. The molecule has 146 valence electrons. The van der Waals surface area contributed by atoms with E-state index in [2.05, 4.69) is 41.8 Å². The number of aryl methyl sites for hydroxylation is 3. The summed E-state index contributed by atoms with van der Waals surface area (Å²) in [6.45, 7) is 2.07. The number of rotatable bonds is 5. The van der Waals surface area contributed by atoms with E-state index >= 15 is 0 Å². The van der Waals surface area contributed by atoms with Gasteiger partial charge in [0.2, 0.25) is 5.91 Å². The molecular weight excluding hydrogens is 358 g/mol. The number of nitrogens with zero attached hydrogens (tertiary/aromatic N) is 3. The van der Waals surface area contributed by atoms with Gasteiger partial charge in [-0.15, -0.1) is 0 Å². The lowest BCUT2D eigenvalue weighted by Gasteiger charge is -2.21. The van der Waals surface area contributed by atoms with E-state index in [0.29, 0.717) is 12.8 Å². The van der Waals surface area contributed by atoms with Gasteiger partial charge in [-0.1, -0.05) is 60.7 Å². The van der Waals surface area contributed by atoms with Crippen molar-refractivity contribution in [1.82, 2.24) is 9.55 Å². The molecule has 0 fully saturated rings. The van der Waals surface area contributed by atoms with Crippen molar-refractivity contribution in [2.45, 2.75) is 19.8 Å². The molecule has 0 unspecified atom stereocenters. The molecule has 4 heteroatoms. The third-order valence-corrected chi connectivity index (χ3v) is 5.49. The summed E-state index contributed by atoms with van der Waals surface area (Å²) in [6, 6.07) is 24.4. The minimum absolute atomic E-state index is 0.0807. The number of hydrogen-bond acceptors (Lipinski definition) is 2. The number of amides is 1. The second-order valence-electron chi connectivity index (χ2n) is 7.37. The van der Waals surface area contributed by atoms with Crippen molar-refractivity contribution < 1.29 is 4.79 Å². The van der Waals surface area contributed by atoms with Crippen LogP contribution in [0.3, 0.4) is 0 Å². The quantitative estimate of drug-likeness (QED) is 0.478. The number of fused-ring (bicyclic) bond motifs is 1. The molecule has 4 aromatic rings. The molecule has 0 bridgehead atoms. The van der Waals surface area contributed by atoms with Gasteiger partial charge in [0, 0.05) is 32.5 Å². The van der Waals surface area contributed by atoms with Crippen molar-refractivity contribution in [2.75, 3.05) is 11.9 Å². The highest BCUT2D eigenvalue weighted by atomic mass is 16.2. The first-order valence-corrected chi connectivity index (χ1v) is 9.88. The minimum atomic E-state index is 0.0807. The zero-order valence-electron chi connectivity index (χ0n) is 17.1. The smallest absolute Gasteiger partial charge is 0.227 e. The fourth-order valence-electron chi connectivity index (χ4n) is 3.78. The number of hydrogen-bond donors (Lipinski definition) is 0. The largest absolute Gasteiger partial charge is 0.331 e. The van der Waals surface area contributed by atoms with Crippen LogP contribution in [0, 0.1) is 6.92 Å². The van der Waals surface area contributed by atoms with Gasteiger partial charge in [-0.05, 0) is 30.2 Å². The van der Waals surface area contributed by atoms with Gasteiger partial charge in [-0.2, -0.15) is 0 Å². The Bertz CT molecular complexity index is 1160. The predicted molar refractivity (Wildman–Crippen MR) is 119 cm³/mol. The maximum atomic E-state index is 13.0. The molecule has 0 aliphatic rings. The zero-order chi connectivity index (χ0) is 20.4. The summed E-state index contributed by atoms with van der Waals surface area (Å²) >= 11 is 0. The fraction of sp³-hybridized carbons (Fsp3) is 0.200. The molecular formula is C25H25N3O. The minimum Gasteiger partial charge on any atom is -0.331 e. The van der Waals surface area contributed by atoms with E-state index < -0.39 is 0 Å². The van der Waals surface area contributed by atoms with E-state index in [1.807, 2.05) is 56.6 Å². The number of carbonyl (C=O) groups is 1. The Kier molecular flexibility index (Phi) is 5.17. The summed E-state index contributed by atoms with van der Waals surface area (Å²) in [5, 5.41) is 0. The van der Waals surface area contributed by atoms with Gasteiger partial charge in [-0.3, -0.25) is 4.79 Å². The summed E-state index contributed by atoms with van der Waals surface area (Å²) in [4.78, 5) is 19.5. The van der Waals surface area contributed by atoms with Crippen LogP contribution in [0.15, 0.2) is 72.8 Å². The van der Waals surface area contributed by atoms with Crippen molar-refractivity contribution in [3.63, 3.8) is 0 Å². The van der Waals surface area contributed by atoms with Gasteiger partial charge in [0.1, 0.15) is 5.82 Å². The standard InChI is InChI=1S/C25H25N3O/c1-18-10-9-15-22-25(18)26-23(27(22)2)16-17-24(29)28(3)21-14-8-7-13-20(21)19-11-5-4-6-12-19/h4-15H,16-17H2,1-3H3. The number of anilines is 1. The molecule has 0 saturated carbocycles. The topological polar surface area (TPSA) is 38.1 Å². The first-order valence-electron chi connectivity index (χ1n) is 9.88. The number of benzene rings is 3. The third-order valence-electron chi connectivity index (χ3n) is 5.49. The van der Waals surface area contributed by atoms with Gasteiger partial charge < -0.3 is 9.47 Å². The highest BCUT2D eigenvalue weighted by molar-refractivity contribution is 5.97. The van der Waals surface area contributed by atoms with Crippen molar-refractivity contribution in [3.05, 3.63) is 84.2 Å². The summed E-state index contributed by atoms with van der Waals surface area (Å²) in [6.07, 6.45) is 1.02. The van der Waals surface area contributed by atoms with Gasteiger partial charge in [-0.25, -0.2) is 4.98 Å². The summed E-state index contributed by atoms with van der Waals surface area (Å²) in [5.41, 5.74) is 6.36. The lowest BCUT2D eigenvalue weighted by molar-refractivity contribution is -0.118. The molecule has 1 amide bonds. The monoisotopic (exact) mass is 383 g/mol. The van der Waals surface area contributed by atoms with E-state index in [0.717, 1.165) is 39.2 Å². The van der Waals surface area contributed by atoms with Crippen molar-refractivity contribution in [1.29, 1.82) is 0 Å². The van der Waals surface area contributed by atoms with Crippen LogP contribution in [0.4, 0.5) is 5.69 Å². The summed E-state index contributed by atoms with van der Waals surface area (Å²) < 4.78 is 2.09. The van der Waals surface area contributed by atoms with Gasteiger partial charge in [0.25, 0.3) is 0 Å². The van der Waals surface area contributed by atoms with E-state index in [1.54, 1.807) is 4.90 Å².